The molecule has 0 aliphatic rings. The molecule has 4 nitrogen and oxygen atoms in total. The zero-order chi connectivity index (χ0) is 14.6. The van der Waals surface area contributed by atoms with Crippen LogP contribution in [0, 0.1) is 0 Å². The van der Waals surface area contributed by atoms with Crippen LogP contribution in [0.3, 0.4) is 0 Å². The van der Waals surface area contributed by atoms with Gasteiger partial charge in [0.15, 0.2) is 5.76 Å². The third kappa shape index (κ3) is 3.51. The number of hydrogen-bond acceptors (Lipinski definition) is 4. The van der Waals surface area contributed by atoms with E-state index in [-0.39, 0.29) is 0 Å². The highest BCUT2D eigenvalue weighted by Crippen LogP contribution is 2.29. The Morgan fingerprint density at radius 1 is 1.20 bits per heavy atom. The largest absolute Gasteiger partial charge is 0.416 e. The van der Waals surface area contributed by atoms with Crippen LogP contribution in [-0.2, 0) is 12.6 Å². The fourth-order valence-electron chi connectivity index (χ4n) is 1.74. The van der Waals surface area contributed by atoms with Gasteiger partial charge in [-0.1, -0.05) is 17.3 Å². The molecule has 0 aliphatic carbocycles. The van der Waals surface area contributed by atoms with Gasteiger partial charge in [-0.3, -0.25) is 0 Å². The molecule has 7 heteroatoms. The molecule has 0 atom stereocenters. The maximum absolute atomic E-state index is 12.5. The number of benzene rings is 1. The van der Waals surface area contributed by atoms with Crippen LogP contribution in [0.25, 0.3) is 0 Å². The second kappa shape index (κ2) is 5.96. The molecule has 0 bridgehead atoms. The van der Waals surface area contributed by atoms with Gasteiger partial charge in [-0.15, -0.1) is 0 Å². The fraction of sp³-hybridized carbons (Fsp3) is 0.308. The molecule has 0 aliphatic heterocycles. The van der Waals surface area contributed by atoms with Crippen LogP contribution in [0.15, 0.2) is 35.0 Å². The van der Waals surface area contributed by atoms with Gasteiger partial charge >= 0.3 is 6.18 Å². The molecular weight excluding hydrogens is 271 g/mol. The molecule has 0 amide bonds. The Morgan fingerprint density at radius 2 is 1.90 bits per heavy atom. The number of anilines is 1. The summed E-state index contributed by atoms with van der Waals surface area (Å²) in [5, 5.41) is 6.71. The highest BCUT2D eigenvalue weighted by Gasteiger charge is 2.29. The molecule has 1 aromatic heterocycles. The number of nitrogens with one attached hydrogen (secondary N) is 1. The van der Waals surface area contributed by atoms with E-state index in [1.165, 1.54) is 18.3 Å². The third-order valence-electron chi connectivity index (χ3n) is 2.75. The van der Waals surface area contributed by atoms with Gasteiger partial charge in [-0.05, 0) is 17.7 Å². The summed E-state index contributed by atoms with van der Waals surface area (Å²) in [6.45, 7) is 1.03. The summed E-state index contributed by atoms with van der Waals surface area (Å²) in [7, 11) is 0. The van der Waals surface area contributed by atoms with Gasteiger partial charge in [0.25, 0.3) is 0 Å². The number of aromatic nitrogens is 1. The standard InChI is InChI=1S/C13H14F3N3O/c14-13(15,16)10-3-1-9(2-4-10)7-12-11(8-19-20-12)18-6-5-17/h1-4,8,18H,5-7,17H2. The van der Waals surface area contributed by atoms with Gasteiger partial charge in [0.2, 0.25) is 0 Å². The predicted molar refractivity (Wildman–Crippen MR) is 68.3 cm³/mol. The molecule has 0 saturated heterocycles. The van der Waals surface area contributed by atoms with Gasteiger partial charge in [0.05, 0.1) is 17.4 Å². The number of hydrogen-bond donors (Lipinski definition) is 2. The van der Waals surface area contributed by atoms with Gasteiger partial charge in [0.1, 0.15) is 0 Å². The van der Waals surface area contributed by atoms with Crippen molar-refractivity contribution in [2.75, 3.05) is 18.4 Å². The molecular formula is C13H14F3N3O. The van der Waals surface area contributed by atoms with Gasteiger partial charge in [0, 0.05) is 19.5 Å². The lowest BCUT2D eigenvalue weighted by molar-refractivity contribution is -0.137. The second-order valence-corrected chi connectivity index (χ2v) is 4.25. The third-order valence-corrected chi connectivity index (χ3v) is 2.75. The minimum absolute atomic E-state index is 0.366. The van der Waals surface area contributed by atoms with E-state index in [0.717, 1.165) is 12.1 Å². The highest BCUT2D eigenvalue weighted by molar-refractivity contribution is 5.46. The van der Waals surface area contributed by atoms with Crippen molar-refractivity contribution in [3.8, 4) is 0 Å². The van der Waals surface area contributed by atoms with Crippen molar-refractivity contribution >= 4 is 5.69 Å². The first-order valence-corrected chi connectivity index (χ1v) is 6.04. The van der Waals surface area contributed by atoms with Crippen molar-refractivity contribution in [2.24, 2.45) is 5.73 Å². The SMILES string of the molecule is NCCNc1cnoc1Cc1ccc(C(F)(F)F)cc1. The maximum atomic E-state index is 12.5. The summed E-state index contributed by atoms with van der Waals surface area (Å²) in [5.41, 5.74) is 6.14. The number of rotatable bonds is 5. The summed E-state index contributed by atoms with van der Waals surface area (Å²) in [6.07, 6.45) is -2.43. The lowest BCUT2D eigenvalue weighted by Crippen LogP contribution is -2.13. The molecule has 0 radical (unpaired) electrons. The Labute approximate surface area is 113 Å². The monoisotopic (exact) mass is 285 g/mol. The fourth-order valence-corrected chi connectivity index (χ4v) is 1.74. The first kappa shape index (κ1) is 14.4. The molecule has 0 spiro atoms. The zero-order valence-electron chi connectivity index (χ0n) is 10.6. The van der Waals surface area contributed by atoms with E-state index in [0.29, 0.717) is 36.5 Å². The Hall–Kier alpha value is -2.02. The van der Waals surface area contributed by atoms with E-state index in [9.17, 15) is 13.2 Å². The van der Waals surface area contributed by atoms with E-state index >= 15 is 0 Å². The van der Waals surface area contributed by atoms with E-state index in [2.05, 4.69) is 10.5 Å². The minimum atomic E-state index is -4.32. The Balaban J connectivity index is 2.09. The van der Waals surface area contributed by atoms with E-state index < -0.39 is 11.7 Å². The molecule has 2 rings (SSSR count). The second-order valence-electron chi connectivity index (χ2n) is 4.25. The Morgan fingerprint density at radius 3 is 2.50 bits per heavy atom. The van der Waals surface area contributed by atoms with Gasteiger partial charge < -0.3 is 15.6 Å². The topological polar surface area (TPSA) is 64.1 Å². The van der Waals surface area contributed by atoms with E-state index in [1.54, 1.807) is 0 Å². The van der Waals surface area contributed by atoms with Crippen LogP contribution in [0.2, 0.25) is 0 Å². The molecule has 1 aromatic carbocycles. The van der Waals surface area contributed by atoms with Crippen molar-refractivity contribution in [2.45, 2.75) is 12.6 Å². The smallest absolute Gasteiger partial charge is 0.380 e. The zero-order valence-corrected chi connectivity index (χ0v) is 10.6. The average Bonchev–Trinajstić information content (AvgIpc) is 2.83. The summed E-state index contributed by atoms with van der Waals surface area (Å²) < 4.78 is 42.4. The van der Waals surface area contributed by atoms with Crippen LogP contribution in [-0.4, -0.2) is 18.2 Å². The van der Waals surface area contributed by atoms with Crippen LogP contribution in [0.4, 0.5) is 18.9 Å². The molecule has 0 unspecified atom stereocenters. The molecule has 0 saturated carbocycles. The van der Waals surface area contributed by atoms with Crippen molar-refractivity contribution < 1.29 is 17.7 Å². The molecule has 3 N–H and O–H groups in total. The summed E-state index contributed by atoms with van der Waals surface area (Å²) in [6, 6.07) is 4.97. The summed E-state index contributed by atoms with van der Waals surface area (Å²) >= 11 is 0. The van der Waals surface area contributed by atoms with Crippen molar-refractivity contribution in [1.29, 1.82) is 0 Å². The molecule has 1 heterocycles. The lowest BCUT2D eigenvalue weighted by atomic mass is 10.1. The summed E-state index contributed by atoms with van der Waals surface area (Å²) in [4.78, 5) is 0. The molecule has 108 valence electrons. The lowest BCUT2D eigenvalue weighted by Gasteiger charge is -2.07. The van der Waals surface area contributed by atoms with Crippen LogP contribution < -0.4 is 11.1 Å². The van der Waals surface area contributed by atoms with E-state index in [1.807, 2.05) is 0 Å². The van der Waals surface area contributed by atoms with E-state index in [4.69, 9.17) is 10.3 Å². The maximum Gasteiger partial charge on any atom is 0.416 e. The van der Waals surface area contributed by atoms with Gasteiger partial charge in [-0.2, -0.15) is 13.2 Å². The van der Waals surface area contributed by atoms with Crippen LogP contribution in [0.5, 0.6) is 0 Å². The minimum Gasteiger partial charge on any atom is -0.380 e. The van der Waals surface area contributed by atoms with Gasteiger partial charge in [-0.25, -0.2) is 0 Å². The quantitative estimate of drug-likeness (QED) is 0.886. The molecule has 0 fully saturated rings. The van der Waals surface area contributed by atoms with Crippen molar-refractivity contribution in [3.05, 3.63) is 47.3 Å². The van der Waals surface area contributed by atoms with Crippen molar-refractivity contribution in [1.82, 2.24) is 5.16 Å². The number of halogens is 3. The Bertz CT molecular complexity index is 549. The first-order valence-electron chi connectivity index (χ1n) is 6.04. The summed E-state index contributed by atoms with van der Waals surface area (Å²) in [5.74, 6) is 0.568. The highest BCUT2D eigenvalue weighted by atomic mass is 19.4. The number of nitrogens with zero attached hydrogens (tertiary/aromatic N) is 1. The van der Waals surface area contributed by atoms with Crippen LogP contribution >= 0.6 is 0 Å². The molecule has 20 heavy (non-hydrogen) atoms. The van der Waals surface area contributed by atoms with Crippen LogP contribution in [0.1, 0.15) is 16.9 Å². The molecule has 2 aromatic rings. The van der Waals surface area contributed by atoms with Crippen molar-refractivity contribution in [3.63, 3.8) is 0 Å². The predicted octanol–water partition coefficient (Wildman–Crippen LogP) is 2.65. The number of nitrogens with two attached hydrogens (primary N) is 1. The normalized spacial score (nSPS) is 11.6. The average molecular weight is 285 g/mol. The number of alkyl halides is 3. The first-order chi connectivity index (χ1) is 9.50. The Kier molecular flexibility index (Phi) is 4.29.